The lowest BCUT2D eigenvalue weighted by molar-refractivity contribution is 0.683. The molecular formula is C5H9N3. The Labute approximate surface area is 48.5 Å². The first kappa shape index (κ1) is 5.41. The second-order valence-electron chi connectivity index (χ2n) is 1.78. The second-order valence-corrected chi connectivity index (χ2v) is 1.78. The summed E-state index contributed by atoms with van der Waals surface area (Å²) in [5, 5.41) is 7.62. The van der Waals surface area contributed by atoms with Crippen molar-refractivity contribution in [2.45, 2.75) is 26.4 Å². The van der Waals surface area contributed by atoms with Crippen molar-refractivity contribution in [1.29, 1.82) is 0 Å². The summed E-state index contributed by atoms with van der Waals surface area (Å²) in [6.45, 7) is 3.91. The first-order valence-corrected chi connectivity index (χ1v) is 2.78. The summed E-state index contributed by atoms with van der Waals surface area (Å²) >= 11 is 0. The Morgan fingerprint density at radius 2 is 2.38 bits per heavy atom. The van der Waals surface area contributed by atoms with E-state index >= 15 is 0 Å². The highest BCUT2D eigenvalue weighted by Gasteiger charge is 2.06. The molecule has 0 saturated heterocycles. The van der Waals surface area contributed by atoms with Crippen LogP contribution in [0.3, 0.4) is 0 Å². The first-order chi connectivity index (χ1) is 3.83. The molecule has 3 nitrogen and oxygen atoms in total. The van der Waals surface area contributed by atoms with E-state index in [0.29, 0.717) is 0 Å². The Hall–Kier alpha value is -0.730. The van der Waals surface area contributed by atoms with E-state index < -0.39 is 0 Å². The number of amidine groups is 1. The molecule has 0 saturated carbocycles. The molecule has 0 N–H and O–H groups in total. The molecule has 0 aromatic heterocycles. The van der Waals surface area contributed by atoms with Gasteiger partial charge in [-0.2, -0.15) is 5.11 Å². The van der Waals surface area contributed by atoms with Crippen LogP contribution in [0.5, 0.6) is 0 Å². The van der Waals surface area contributed by atoms with Crippen LogP contribution in [-0.4, -0.2) is 12.0 Å². The summed E-state index contributed by atoms with van der Waals surface area (Å²) in [6, 6.07) is 0. The maximum Gasteiger partial charge on any atom is 0.162 e. The largest absolute Gasteiger partial charge is 0.240 e. The van der Waals surface area contributed by atoms with Crippen molar-refractivity contribution in [3.05, 3.63) is 0 Å². The molecule has 0 aromatic carbocycles. The van der Waals surface area contributed by atoms with Crippen LogP contribution in [0.25, 0.3) is 0 Å². The number of hydrogen-bond donors (Lipinski definition) is 0. The molecule has 8 heavy (non-hydrogen) atoms. The third-order valence-electron chi connectivity index (χ3n) is 1.04. The van der Waals surface area contributed by atoms with E-state index in [1.807, 2.05) is 13.8 Å². The van der Waals surface area contributed by atoms with Gasteiger partial charge in [0.1, 0.15) is 5.84 Å². The lowest BCUT2D eigenvalue weighted by Gasteiger charge is -1.90. The quantitative estimate of drug-likeness (QED) is 0.493. The number of rotatable bonds is 1. The highest BCUT2D eigenvalue weighted by atomic mass is 15.3. The van der Waals surface area contributed by atoms with E-state index in [2.05, 4.69) is 15.2 Å². The average molecular weight is 111 g/mol. The van der Waals surface area contributed by atoms with E-state index in [0.717, 1.165) is 12.3 Å². The monoisotopic (exact) mass is 111 g/mol. The normalized spacial score (nSPS) is 26.2. The van der Waals surface area contributed by atoms with Crippen molar-refractivity contribution in [2.75, 3.05) is 0 Å². The predicted octanol–water partition coefficient (Wildman–Crippen LogP) is 1.61. The summed E-state index contributed by atoms with van der Waals surface area (Å²) in [5.74, 6) is 0.803. The molecule has 1 atom stereocenters. The zero-order chi connectivity index (χ0) is 5.98. The molecule has 1 aliphatic rings. The van der Waals surface area contributed by atoms with Crippen LogP contribution in [0.4, 0.5) is 0 Å². The zero-order valence-electron chi connectivity index (χ0n) is 5.13. The fourth-order valence-corrected chi connectivity index (χ4v) is 0.590. The van der Waals surface area contributed by atoms with Gasteiger partial charge in [0.2, 0.25) is 0 Å². The summed E-state index contributed by atoms with van der Waals surface area (Å²) in [6.07, 6.45) is 1.08. The molecule has 44 valence electrons. The van der Waals surface area contributed by atoms with Crippen LogP contribution in [0.1, 0.15) is 20.3 Å². The summed E-state index contributed by atoms with van der Waals surface area (Å²) in [4.78, 5) is 4.09. The summed E-state index contributed by atoms with van der Waals surface area (Å²) in [5.41, 5.74) is 0. The highest BCUT2D eigenvalue weighted by molar-refractivity contribution is 5.80. The lowest BCUT2D eigenvalue weighted by Crippen LogP contribution is -1.92. The van der Waals surface area contributed by atoms with Crippen LogP contribution < -0.4 is 0 Å². The van der Waals surface area contributed by atoms with E-state index in [-0.39, 0.29) is 6.17 Å². The van der Waals surface area contributed by atoms with Gasteiger partial charge in [-0.25, -0.2) is 4.99 Å². The molecule has 0 aromatic rings. The minimum absolute atomic E-state index is 0.120. The Balaban J connectivity index is 2.55. The fraction of sp³-hybridized carbons (Fsp3) is 0.800. The standard InChI is InChI=1S/C5H9N3/c1-3-5-6-4(2)7-8-5/h5H,3H2,1-2H3. The maximum absolute atomic E-state index is 4.09. The third kappa shape index (κ3) is 0.911. The molecule has 1 rings (SSSR count). The third-order valence-corrected chi connectivity index (χ3v) is 1.04. The van der Waals surface area contributed by atoms with Crippen LogP contribution in [0.15, 0.2) is 15.2 Å². The van der Waals surface area contributed by atoms with Gasteiger partial charge < -0.3 is 0 Å². The number of nitrogens with zero attached hydrogens (tertiary/aromatic N) is 3. The van der Waals surface area contributed by atoms with E-state index in [9.17, 15) is 0 Å². The van der Waals surface area contributed by atoms with Gasteiger partial charge in [0.15, 0.2) is 6.17 Å². The topological polar surface area (TPSA) is 37.1 Å². The molecule has 0 radical (unpaired) electrons. The second kappa shape index (κ2) is 2.03. The first-order valence-electron chi connectivity index (χ1n) is 2.78. The van der Waals surface area contributed by atoms with Gasteiger partial charge in [-0.3, -0.25) is 0 Å². The van der Waals surface area contributed by atoms with Crippen molar-refractivity contribution in [3.63, 3.8) is 0 Å². The average Bonchev–Trinajstić information content (AvgIpc) is 2.14. The van der Waals surface area contributed by atoms with Crippen LogP contribution in [-0.2, 0) is 0 Å². The Bertz CT molecular complexity index is 137. The molecule has 1 unspecified atom stereocenters. The molecule has 1 aliphatic heterocycles. The van der Waals surface area contributed by atoms with Crippen molar-refractivity contribution in [3.8, 4) is 0 Å². The van der Waals surface area contributed by atoms with Gasteiger partial charge >= 0.3 is 0 Å². The lowest BCUT2D eigenvalue weighted by atomic mass is 10.4. The van der Waals surface area contributed by atoms with E-state index in [1.165, 1.54) is 0 Å². The van der Waals surface area contributed by atoms with Gasteiger partial charge in [-0.1, -0.05) is 6.92 Å². The minimum atomic E-state index is 0.120. The summed E-state index contributed by atoms with van der Waals surface area (Å²) < 4.78 is 0. The van der Waals surface area contributed by atoms with Gasteiger partial charge in [-0.15, -0.1) is 5.11 Å². The molecule has 0 amide bonds. The van der Waals surface area contributed by atoms with Crippen molar-refractivity contribution < 1.29 is 0 Å². The fourth-order valence-electron chi connectivity index (χ4n) is 0.590. The van der Waals surface area contributed by atoms with Crippen molar-refractivity contribution in [1.82, 2.24) is 0 Å². The zero-order valence-corrected chi connectivity index (χ0v) is 5.13. The minimum Gasteiger partial charge on any atom is -0.240 e. The van der Waals surface area contributed by atoms with Crippen LogP contribution in [0.2, 0.25) is 0 Å². The predicted molar refractivity (Wildman–Crippen MR) is 32.0 cm³/mol. The van der Waals surface area contributed by atoms with E-state index in [1.54, 1.807) is 0 Å². The Morgan fingerprint density at radius 3 is 2.62 bits per heavy atom. The molecule has 1 heterocycles. The number of azo groups is 1. The smallest absolute Gasteiger partial charge is 0.162 e. The number of hydrogen-bond acceptors (Lipinski definition) is 3. The van der Waals surface area contributed by atoms with Gasteiger partial charge in [-0.05, 0) is 13.3 Å². The number of aliphatic imine (C=N–C) groups is 1. The van der Waals surface area contributed by atoms with Crippen molar-refractivity contribution >= 4 is 5.84 Å². The molecule has 0 spiro atoms. The Morgan fingerprint density at radius 1 is 1.62 bits per heavy atom. The molecule has 0 bridgehead atoms. The molecule has 0 fully saturated rings. The highest BCUT2D eigenvalue weighted by Crippen LogP contribution is 2.07. The maximum atomic E-state index is 4.09. The van der Waals surface area contributed by atoms with Gasteiger partial charge in [0.05, 0.1) is 0 Å². The molecule has 0 aliphatic carbocycles. The molecular weight excluding hydrogens is 102 g/mol. The SMILES string of the molecule is CCC1N=NC(C)=N1. The van der Waals surface area contributed by atoms with Gasteiger partial charge in [0, 0.05) is 0 Å². The van der Waals surface area contributed by atoms with Crippen LogP contribution in [0, 0.1) is 0 Å². The molecule has 3 heteroatoms. The van der Waals surface area contributed by atoms with E-state index in [4.69, 9.17) is 0 Å². The van der Waals surface area contributed by atoms with Gasteiger partial charge in [0.25, 0.3) is 0 Å². The van der Waals surface area contributed by atoms with Crippen LogP contribution >= 0.6 is 0 Å². The summed E-state index contributed by atoms with van der Waals surface area (Å²) in [7, 11) is 0. The van der Waals surface area contributed by atoms with Crippen molar-refractivity contribution in [2.24, 2.45) is 15.2 Å². The Kier molecular flexibility index (Phi) is 1.37.